The molecule has 3 N–H and O–H groups in total. The molecule has 0 radical (unpaired) electrons. The van der Waals surface area contributed by atoms with E-state index in [-0.39, 0.29) is 11.7 Å². The number of methoxy groups -OCH3 is 4. The second-order valence-corrected chi connectivity index (χ2v) is 6.74. The molecule has 2 rings (SSSR count). The van der Waals surface area contributed by atoms with Gasteiger partial charge in [-0.05, 0) is 44.3 Å². The number of nitrogens with one attached hydrogen (secondary N) is 3. The first kappa shape index (κ1) is 24.3. The molecular weight excluding hydrogens is 420 g/mol. The standard InChI is InChI=1S/C20H28N6O4S/c1-12-9-13(2)23-19(22-12)25-18(21-11-17(29-5)30-6)26-20(31)24-15-8-7-14(27-3)10-16(15)28-4/h7-10,17H,11H2,1-6H3,(H3,21,22,23,24,25,26,31). The summed E-state index contributed by atoms with van der Waals surface area (Å²) in [6.07, 6.45) is -0.512. The van der Waals surface area contributed by atoms with Crippen molar-refractivity contribution in [3.63, 3.8) is 0 Å². The first-order chi connectivity index (χ1) is 14.9. The predicted molar refractivity (Wildman–Crippen MR) is 124 cm³/mol. The minimum Gasteiger partial charge on any atom is -0.497 e. The third-order valence-electron chi connectivity index (χ3n) is 4.03. The van der Waals surface area contributed by atoms with Crippen molar-refractivity contribution in [3.05, 3.63) is 35.7 Å². The summed E-state index contributed by atoms with van der Waals surface area (Å²) in [6.45, 7) is 4.00. The van der Waals surface area contributed by atoms with Gasteiger partial charge in [-0.25, -0.2) is 15.0 Å². The Morgan fingerprint density at radius 1 is 1.00 bits per heavy atom. The van der Waals surface area contributed by atoms with Crippen molar-refractivity contribution in [1.29, 1.82) is 0 Å². The van der Waals surface area contributed by atoms with Crippen molar-refractivity contribution in [1.82, 2.24) is 15.3 Å². The van der Waals surface area contributed by atoms with Crippen molar-refractivity contribution in [2.45, 2.75) is 20.1 Å². The minimum absolute atomic E-state index is 0.224. The number of nitrogens with zero attached hydrogens (tertiary/aromatic N) is 3. The van der Waals surface area contributed by atoms with Gasteiger partial charge in [0.15, 0.2) is 11.4 Å². The van der Waals surface area contributed by atoms with Gasteiger partial charge in [-0.1, -0.05) is 0 Å². The molecule has 0 unspecified atom stereocenters. The maximum atomic E-state index is 5.45. The summed E-state index contributed by atoms with van der Waals surface area (Å²) in [4.78, 5) is 13.2. The number of hydrogen-bond donors (Lipinski definition) is 3. The van der Waals surface area contributed by atoms with Gasteiger partial charge in [0.2, 0.25) is 11.9 Å². The number of thiocarbonyl (C=S) groups is 1. The molecule has 0 spiro atoms. The van der Waals surface area contributed by atoms with E-state index in [2.05, 4.69) is 30.9 Å². The van der Waals surface area contributed by atoms with E-state index in [4.69, 9.17) is 31.2 Å². The lowest BCUT2D eigenvalue weighted by molar-refractivity contribution is -0.0937. The molecule has 31 heavy (non-hydrogen) atoms. The molecule has 2 aromatic rings. The van der Waals surface area contributed by atoms with E-state index in [0.29, 0.717) is 29.1 Å². The summed E-state index contributed by atoms with van der Waals surface area (Å²) in [5.74, 6) is 1.96. The summed E-state index contributed by atoms with van der Waals surface area (Å²) in [6, 6.07) is 7.23. The Hall–Kier alpha value is -3.02. The van der Waals surface area contributed by atoms with Crippen molar-refractivity contribution in [2.24, 2.45) is 4.99 Å². The molecule has 0 atom stereocenters. The number of aryl methyl sites for hydroxylation is 2. The molecule has 0 aliphatic rings. The Balaban J connectivity index is 2.19. The Kier molecular flexibility index (Phi) is 9.38. The summed E-state index contributed by atoms with van der Waals surface area (Å²) < 4.78 is 21.0. The van der Waals surface area contributed by atoms with Crippen molar-refractivity contribution in [3.8, 4) is 11.5 Å². The van der Waals surface area contributed by atoms with Crippen LogP contribution in [0.15, 0.2) is 29.3 Å². The smallest absolute Gasteiger partial charge is 0.229 e. The van der Waals surface area contributed by atoms with Gasteiger partial charge in [-0.3, -0.25) is 5.32 Å². The van der Waals surface area contributed by atoms with Gasteiger partial charge in [0.25, 0.3) is 0 Å². The zero-order chi connectivity index (χ0) is 22.8. The molecule has 0 aliphatic carbocycles. The fraction of sp³-hybridized carbons (Fsp3) is 0.400. The van der Waals surface area contributed by atoms with E-state index in [1.54, 1.807) is 46.6 Å². The molecule has 0 fully saturated rings. The molecule has 10 nitrogen and oxygen atoms in total. The molecular formula is C20H28N6O4S. The quantitative estimate of drug-likeness (QED) is 0.241. The second kappa shape index (κ2) is 12.0. The van der Waals surface area contributed by atoms with E-state index < -0.39 is 6.29 Å². The SMILES string of the molecule is COc1ccc(NC(=S)NC(=NCC(OC)OC)Nc2nc(C)cc(C)n2)c(OC)c1. The average molecular weight is 449 g/mol. The molecule has 0 amide bonds. The normalized spacial score (nSPS) is 11.3. The number of aliphatic imine (C=N–C) groups is 1. The summed E-state index contributed by atoms with van der Waals surface area (Å²) in [5.41, 5.74) is 2.31. The lowest BCUT2D eigenvalue weighted by Crippen LogP contribution is -2.40. The Morgan fingerprint density at radius 3 is 2.26 bits per heavy atom. The van der Waals surface area contributed by atoms with Crippen LogP contribution in [0, 0.1) is 13.8 Å². The Labute approximate surface area is 187 Å². The third kappa shape index (κ3) is 7.63. The fourth-order valence-corrected chi connectivity index (χ4v) is 2.78. The van der Waals surface area contributed by atoms with E-state index in [9.17, 15) is 0 Å². The minimum atomic E-state index is -0.512. The van der Waals surface area contributed by atoms with Gasteiger partial charge in [-0.15, -0.1) is 0 Å². The highest BCUT2D eigenvalue weighted by atomic mass is 32.1. The lowest BCUT2D eigenvalue weighted by atomic mass is 10.2. The number of aromatic nitrogens is 2. The Bertz CT molecular complexity index is 900. The van der Waals surface area contributed by atoms with Crippen LogP contribution in [0.5, 0.6) is 11.5 Å². The zero-order valence-electron chi connectivity index (χ0n) is 18.5. The molecule has 1 heterocycles. The fourth-order valence-electron chi connectivity index (χ4n) is 2.57. The summed E-state index contributed by atoms with van der Waals surface area (Å²) in [5, 5.41) is 9.44. The zero-order valence-corrected chi connectivity index (χ0v) is 19.3. The van der Waals surface area contributed by atoms with Gasteiger partial charge in [-0.2, -0.15) is 0 Å². The lowest BCUT2D eigenvalue weighted by Gasteiger charge is -2.17. The number of guanidine groups is 1. The summed E-state index contributed by atoms with van der Waals surface area (Å²) in [7, 11) is 6.24. The first-order valence-electron chi connectivity index (χ1n) is 9.37. The highest BCUT2D eigenvalue weighted by molar-refractivity contribution is 7.80. The van der Waals surface area contributed by atoms with Gasteiger partial charge < -0.3 is 29.6 Å². The topological polar surface area (TPSA) is 111 Å². The van der Waals surface area contributed by atoms with Crippen LogP contribution in [0.25, 0.3) is 0 Å². The Morgan fingerprint density at radius 2 is 1.68 bits per heavy atom. The van der Waals surface area contributed by atoms with Gasteiger partial charge >= 0.3 is 0 Å². The molecule has 11 heteroatoms. The number of benzene rings is 1. The molecule has 168 valence electrons. The van der Waals surface area contributed by atoms with Crippen LogP contribution in [-0.4, -0.2) is 62.3 Å². The largest absolute Gasteiger partial charge is 0.497 e. The van der Waals surface area contributed by atoms with Gasteiger partial charge in [0.05, 0.1) is 26.5 Å². The van der Waals surface area contributed by atoms with Crippen LogP contribution < -0.4 is 25.4 Å². The third-order valence-corrected chi connectivity index (χ3v) is 4.23. The number of ether oxygens (including phenoxy) is 4. The maximum Gasteiger partial charge on any atom is 0.229 e. The van der Waals surface area contributed by atoms with Crippen LogP contribution in [0.1, 0.15) is 11.4 Å². The van der Waals surface area contributed by atoms with Crippen LogP contribution in [0.4, 0.5) is 11.6 Å². The molecule has 1 aromatic carbocycles. The van der Waals surface area contributed by atoms with Crippen molar-refractivity contribution >= 4 is 34.9 Å². The number of anilines is 2. The predicted octanol–water partition coefficient (Wildman–Crippen LogP) is 2.48. The molecule has 0 saturated heterocycles. The van der Waals surface area contributed by atoms with Gasteiger partial charge in [0, 0.05) is 31.7 Å². The van der Waals surface area contributed by atoms with Crippen LogP contribution >= 0.6 is 12.2 Å². The maximum absolute atomic E-state index is 5.45. The molecule has 0 aliphatic heterocycles. The summed E-state index contributed by atoms with van der Waals surface area (Å²) >= 11 is 5.45. The van der Waals surface area contributed by atoms with Crippen LogP contribution in [0.3, 0.4) is 0 Å². The van der Waals surface area contributed by atoms with E-state index >= 15 is 0 Å². The monoisotopic (exact) mass is 448 g/mol. The van der Waals surface area contributed by atoms with E-state index in [1.165, 1.54) is 0 Å². The first-order valence-corrected chi connectivity index (χ1v) is 9.78. The van der Waals surface area contributed by atoms with Crippen LogP contribution in [-0.2, 0) is 9.47 Å². The highest BCUT2D eigenvalue weighted by Gasteiger charge is 2.12. The number of rotatable bonds is 8. The average Bonchev–Trinajstić information content (AvgIpc) is 2.73. The molecule has 0 saturated carbocycles. The number of hydrogen-bond acceptors (Lipinski definition) is 8. The van der Waals surface area contributed by atoms with Crippen LogP contribution in [0.2, 0.25) is 0 Å². The second-order valence-electron chi connectivity index (χ2n) is 6.33. The highest BCUT2D eigenvalue weighted by Crippen LogP contribution is 2.28. The van der Waals surface area contributed by atoms with Crippen molar-refractivity contribution in [2.75, 3.05) is 45.6 Å². The molecule has 1 aromatic heterocycles. The van der Waals surface area contributed by atoms with E-state index in [1.807, 2.05) is 19.9 Å². The molecule has 0 bridgehead atoms. The van der Waals surface area contributed by atoms with E-state index in [0.717, 1.165) is 11.4 Å². The van der Waals surface area contributed by atoms with Gasteiger partial charge in [0.1, 0.15) is 11.5 Å². The van der Waals surface area contributed by atoms with Crippen molar-refractivity contribution < 1.29 is 18.9 Å².